The van der Waals surface area contributed by atoms with Crippen molar-refractivity contribution < 1.29 is 9.90 Å². The minimum Gasteiger partial charge on any atom is -0.512 e. The minimum atomic E-state index is -0.0357. The van der Waals surface area contributed by atoms with Crippen molar-refractivity contribution in [2.75, 3.05) is 0 Å². The van der Waals surface area contributed by atoms with E-state index in [-0.39, 0.29) is 18.0 Å². The van der Waals surface area contributed by atoms with Crippen molar-refractivity contribution >= 4 is 5.78 Å². The lowest BCUT2D eigenvalue weighted by molar-refractivity contribution is -0.115. The molecule has 0 bridgehead atoms. The lowest BCUT2D eigenvalue weighted by Gasteiger charge is -2.10. The number of hydrogen-bond donors (Lipinski definition) is 1. The molecule has 2 nitrogen and oxygen atoms in total. The predicted octanol–water partition coefficient (Wildman–Crippen LogP) is 2.52. The van der Waals surface area contributed by atoms with Gasteiger partial charge in [-0.1, -0.05) is 12.7 Å². The van der Waals surface area contributed by atoms with Crippen molar-refractivity contribution in [2.45, 2.75) is 32.1 Å². The minimum absolute atomic E-state index is 0.0298. The summed E-state index contributed by atoms with van der Waals surface area (Å²) in [5.74, 6) is -0.00586. The molecule has 0 saturated heterocycles. The first-order valence-electron chi connectivity index (χ1n) is 4.29. The lowest BCUT2D eigenvalue weighted by Crippen LogP contribution is -2.06. The molecule has 0 aliphatic heterocycles. The van der Waals surface area contributed by atoms with Crippen LogP contribution in [0.25, 0.3) is 0 Å². The van der Waals surface area contributed by atoms with E-state index in [2.05, 4.69) is 6.58 Å². The third-order valence-electron chi connectivity index (χ3n) is 2.01. The zero-order valence-corrected chi connectivity index (χ0v) is 7.18. The highest BCUT2D eigenvalue weighted by molar-refractivity contribution is 5.96. The molecule has 1 aliphatic rings. The van der Waals surface area contributed by atoms with Crippen LogP contribution in [-0.4, -0.2) is 10.9 Å². The third-order valence-corrected chi connectivity index (χ3v) is 2.01. The van der Waals surface area contributed by atoms with Gasteiger partial charge in [0.05, 0.1) is 12.2 Å². The predicted molar refractivity (Wildman–Crippen MR) is 47.9 cm³/mol. The number of ketones is 1. The summed E-state index contributed by atoms with van der Waals surface area (Å²) < 4.78 is 0. The normalized spacial score (nSPS) is 16.8. The van der Waals surface area contributed by atoms with E-state index in [0.717, 1.165) is 24.8 Å². The van der Waals surface area contributed by atoms with Gasteiger partial charge in [-0.3, -0.25) is 4.79 Å². The molecule has 1 N–H and O–H groups in total. The largest absolute Gasteiger partial charge is 0.512 e. The lowest BCUT2D eigenvalue weighted by atomic mass is 9.95. The van der Waals surface area contributed by atoms with Gasteiger partial charge in [-0.25, -0.2) is 0 Å². The quantitative estimate of drug-likeness (QED) is 0.654. The molecule has 12 heavy (non-hydrogen) atoms. The van der Waals surface area contributed by atoms with Gasteiger partial charge in [-0.15, -0.1) is 0 Å². The Morgan fingerprint density at radius 3 is 2.83 bits per heavy atom. The van der Waals surface area contributed by atoms with Gasteiger partial charge < -0.3 is 5.11 Å². The van der Waals surface area contributed by atoms with Crippen molar-refractivity contribution in [3.63, 3.8) is 0 Å². The Morgan fingerprint density at radius 1 is 1.58 bits per heavy atom. The van der Waals surface area contributed by atoms with Gasteiger partial charge in [0.25, 0.3) is 0 Å². The molecule has 0 fully saturated rings. The monoisotopic (exact) mass is 166 g/mol. The number of carbonyl (C=O) groups is 1. The van der Waals surface area contributed by atoms with E-state index in [9.17, 15) is 4.79 Å². The first kappa shape index (κ1) is 9.04. The molecule has 0 amide bonds. The van der Waals surface area contributed by atoms with Crippen molar-refractivity contribution in [1.82, 2.24) is 0 Å². The fourth-order valence-corrected chi connectivity index (χ4v) is 1.39. The van der Waals surface area contributed by atoms with Crippen LogP contribution in [0, 0.1) is 0 Å². The number of hydrogen-bond acceptors (Lipinski definition) is 2. The fourth-order valence-electron chi connectivity index (χ4n) is 1.39. The van der Waals surface area contributed by atoms with Gasteiger partial charge in [-0.05, 0) is 31.3 Å². The summed E-state index contributed by atoms with van der Waals surface area (Å²) in [6.07, 6.45) is 6.21. The van der Waals surface area contributed by atoms with Gasteiger partial charge in [0.2, 0.25) is 0 Å². The average molecular weight is 166 g/mol. The smallest absolute Gasteiger partial charge is 0.166 e. The summed E-state index contributed by atoms with van der Waals surface area (Å²) in [5, 5.41) is 8.81. The summed E-state index contributed by atoms with van der Waals surface area (Å²) in [6.45, 7) is 3.30. The van der Waals surface area contributed by atoms with E-state index in [4.69, 9.17) is 5.11 Å². The van der Waals surface area contributed by atoms with E-state index in [0.29, 0.717) is 0 Å². The number of aliphatic hydroxyl groups is 1. The van der Waals surface area contributed by atoms with Crippen LogP contribution in [-0.2, 0) is 4.79 Å². The molecule has 0 spiro atoms. The van der Waals surface area contributed by atoms with Gasteiger partial charge in [-0.2, -0.15) is 0 Å². The second-order valence-corrected chi connectivity index (χ2v) is 3.14. The van der Waals surface area contributed by atoms with Gasteiger partial charge >= 0.3 is 0 Å². The van der Waals surface area contributed by atoms with E-state index in [1.165, 1.54) is 6.42 Å². The van der Waals surface area contributed by atoms with Crippen molar-refractivity contribution in [1.29, 1.82) is 0 Å². The molecule has 1 aliphatic carbocycles. The standard InChI is InChI=1S/C10H14O2/c1-8(11)7-10(12)9-5-3-2-4-6-9/h5,11H,1-4,6-7H2. The van der Waals surface area contributed by atoms with E-state index >= 15 is 0 Å². The maximum atomic E-state index is 11.3. The number of Topliss-reactive ketones (excluding diaryl/α,β-unsaturated/α-hetero) is 1. The molecule has 0 aromatic rings. The average Bonchev–Trinajstić information content (AvgIpc) is 2.05. The Labute approximate surface area is 72.6 Å². The molecular weight excluding hydrogens is 152 g/mol. The second-order valence-electron chi connectivity index (χ2n) is 3.14. The Bertz CT molecular complexity index is 226. The Hall–Kier alpha value is -1.05. The van der Waals surface area contributed by atoms with E-state index in [1.54, 1.807) is 0 Å². The van der Waals surface area contributed by atoms with Crippen LogP contribution in [0.1, 0.15) is 32.1 Å². The highest BCUT2D eigenvalue weighted by Gasteiger charge is 2.12. The molecular formula is C10H14O2. The summed E-state index contributed by atoms with van der Waals surface area (Å²) in [6, 6.07) is 0. The Morgan fingerprint density at radius 2 is 2.33 bits per heavy atom. The maximum absolute atomic E-state index is 11.3. The Kier molecular flexibility index (Phi) is 3.09. The second kappa shape index (κ2) is 4.10. The number of aliphatic hydroxyl groups excluding tert-OH is 1. The molecule has 0 saturated carbocycles. The first-order valence-corrected chi connectivity index (χ1v) is 4.29. The number of carbonyl (C=O) groups excluding carboxylic acids is 1. The number of rotatable bonds is 3. The summed E-state index contributed by atoms with van der Waals surface area (Å²) >= 11 is 0. The van der Waals surface area contributed by atoms with Gasteiger partial charge in [0.1, 0.15) is 0 Å². The summed E-state index contributed by atoms with van der Waals surface area (Å²) in [4.78, 5) is 11.3. The number of allylic oxidation sites excluding steroid dienone is 3. The van der Waals surface area contributed by atoms with Gasteiger partial charge in [0.15, 0.2) is 5.78 Å². The van der Waals surface area contributed by atoms with Crippen molar-refractivity contribution in [3.05, 3.63) is 24.0 Å². The Balaban J connectivity index is 2.51. The molecule has 0 aromatic heterocycles. The molecule has 2 heteroatoms. The first-order chi connectivity index (χ1) is 5.70. The van der Waals surface area contributed by atoms with Crippen LogP contribution in [0.5, 0.6) is 0 Å². The van der Waals surface area contributed by atoms with Crippen molar-refractivity contribution in [2.24, 2.45) is 0 Å². The molecule has 0 radical (unpaired) electrons. The van der Waals surface area contributed by atoms with Gasteiger partial charge in [0, 0.05) is 0 Å². The van der Waals surface area contributed by atoms with Crippen LogP contribution in [0.4, 0.5) is 0 Å². The summed E-state index contributed by atoms with van der Waals surface area (Å²) in [5.41, 5.74) is 0.872. The SMILES string of the molecule is C=C(O)CC(=O)C1=CCCCC1. The zero-order valence-electron chi connectivity index (χ0n) is 7.18. The van der Waals surface area contributed by atoms with Crippen LogP contribution in [0.3, 0.4) is 0 Å². The van der Waals surface area contributed by atoms with Crippen LogP contribution < -0.4 is 0 Å². The van der Waals surface area contributed by atoms with Crippen LogP contribution in [0.15, 0.2) is 24.0 Å². The maximum Gasteiger partial charge on any atom is 0.166 e. The molecule has 0 aromatic carbocycles. The molecule has 0 unspecified atom stereocenters. The topological polar surface area (TPSA) is 37.3 Å². The molecule has 66 valence electrons. The highest BCUT2D eigenvalue weighted by atomic mass is 16.3. The molecule has 0 heterocycles. The third kappa shape index (κ3) is 2.53. The summed E-state index contributed by atoms with van der Waals surface area (Å²) in [7, 11) is 0. The van der Waals surface area contributed by atoms with Crippen LogP contribution >= 0.6 is 0 Å². The zero-order chi connectivity index (χ0) is 8.97. The van der Waals surface area contributed by atoms with E-state index in [1.807, 2.05) is 6.08 Å². The van der Waals surface area contributed by atoms with E-state index < -0.39 is 0 Å². The van der Waals surface area contributed by atoms with Crippen LogP contribution in [0.2, 0.25) is 0 Å². The fraction of sp³-hybridized carbons (Fsp3) is 0.500. The molecule has 1 rings (SSSR count). The highest BCUT2D eigenvalue weighted by Crippen LogP contribution is 2.19. The van der Waals surface area contributed by atoms with Crippen molar-refractivity contribution in [3.8, 4) is 0 Å². The molecule has 0 atom stereocenters.